The van der Waals surface area contributed by atoms with Crippen molar-refractivity contribution >= 4 is 35.2 Å². The van der Waals surface area contributed by atoms with Crippen LogP contribution in [0.3, 0.4) is 0 Å². The van der Waals surface area contributed by atoms with E-state index in [1.54, 1.807) is 36.6 Å². The first kappa shape index (κ1) is 38.4. The molecule has 2 aromatic rings. The molecule has 50 heavy (non-hydrogen) atoms. The van der Waals surface area contributed by atoms with Crippen LogP contribution in [0.15, 0.2) is 22.8 Å². The zero-order valence-electron chi connectivity index (χ0n) is 30.3. The van der Waals surface area contributed by atoms with Gasteiger partial charge in [0.05, 0.1) is 5.69 Å². The molecule has 1 aromatic heterocycles. The van der Waals surface area contributed by atoms with Crippen LogP contribution in [0, 0.1) is 17.7 Å². The molecule has 3 N–H and O–H groups in total. The summed E-state index contributed by atoms with van der Waals surface area (Å²) in [6.45, 7) is 13.6. The largest absolute Gasteiger partial charge is 0.344 e. The van der Waals surface area contributed by atoms with Gasteiger partial charge in [-0.2, -0.15) is 0 Å². The van der Waals surface area contributed by atoms with Crippen LogP contribution in [0.2, 0.25) is 0 Å². The van der Waals surface area contributed by atoms with Crippen molar-refractivity contribution in [1.29, 1.82) is 0 Å². The minimum absolute atomic E-state index is 0.0125. The fourth-order valence-electron chi connectivity index (χ4n) is 7.21. The lowest BCUT2D eigenvalue weighted by Gasteiger charge is -2.45. The average molecular weight is 698 g/mol. The Kier molecular flexibility index (Phi) is 13.1. The molecule has 2 heterocycles. The van der Waals surface area contributed by atoms with E-state index in [4.69, 9.17) is 4.63 Å². The van der Waals surface area contributed by atoms with Crippen LogP contribution in [0.5, 0.6) is 0 Å². The number of benzene rings is 1. The Morgan fingerprint density at radius 3 is 2.18 bits per heavy atom. The van der Waals surface area contributed by atoms with Crippen molar-refractivity contribution in [2.24, 2.45) is 11.8 Å². The molecule has 4 rings (SSSR count). The molecule has 0 radical (unpaired) electrons. The third-order valence-electron chi connectivity index (χ3n) is 10.2. The molecule has 0 unspecified atom stereocenters. The summed E-state index contributed by atoms with van der Waals surface area (Å²) in [4.78, 5) is 69.4. The van der Waals surface area contributed by atoms with Gasteiger partial charge in [0.2, 0.25) is 23.6 Å². The summed E-state index contributed by atoms with van der Waals surface area (Å²) in [5, 5.41) is 15.8. The SMILES string of the molecule is CCC(=O)N[C@@H](C(=O)N1C[C@@H](C)N(C(=O)CC)[C@@H](C)C1)[C@@H](C)c1ccc(NC(=O)[C@@H](NC(=O)c2nonc2CC)[C@H]2CC[C@H](C)CC2)c(F)c1. The standard InChI is InChI=1S/C36H52FN7O6/c1-8-27-33(42-50-41-27)35(48)40-32(24-13-11-20(4)12-14-24)34(47)38-28-16-15-25(17-26(28)37)23(7)31(39-29(45)9-2)36(49)43-18-21(5)44(22(6)19-43)30(46)10-3/h15-17,20-24,31-32H,8-14,18-19H2,1-7H3,(H,38,47)(H,39,45)(H,40,48)/t20-,21-,22+,23-,24-,31+,32-/m0/s1. The predicted octanol–water partition coefficient (Wildman–Crippen LogP) is 4.19. The summed E-state index contributed by atoms with van der Waals surface area (Å²) in [5.74, 6) is -2.76. The van der Waals surface area contributed by atoms with Gasteiger partial charge in [-0.3, -0.25) is 24.0 Å². The molecule has 5 atom stereocenters. The molecule has 1 saturated carbocycles. The molecule has 1 saturated heterocycles. The van der Waals surface area contributed by atoms with Gasteiger partial charge in [-0.05, 0) is 67.8 Å². The summed E-state index contributed by atoms with van der Waals surface area (Å²) in [7, 11) is 0. The maximum absolute atomic E-state index is 15.8. The van der Waals surface area contributed by atoms with E-state index in [9.17, 15) is 24.0 Å². The van der Waals surface area contributed by atoms with E-state index in [1.807, 2.05) is 20.8 Å². The first-order valence-corrected chi connectivity index (χ1v) is 17.9. The third kappa shape index (κ3) is 8.86. The van der Waals surface area contributed by atoms with Crippen molar-refractivity contribution in [3.8, 4) is 0 Å². The molecule has 1 aliphatic heterocycles. The van der Waals surface area contributed by atoms with E-state index in [2.05, 4.69) is 33.2 Å². The Balaban J connectivity index is 1.53. The normalized spacial score (nSPS) is 22.6. The number of hydrogen-bond donors (Lipinski definition) is 3. The van der Waals surface area contributed by atoms with E-state index in [-0.39, 0.29) is 53.5 Å². The molecule has 1 aliphatic carbocycles. The lowest BCUT2D eigenvalue weighted by molar-refractivity contribution is -0.147. The number of carbonyl (C=O) groups is 5. The first-order chi connectivity index (χ1) is 23.8. The molecular weight excluding hydrogens is 645 g/mol. The van der Waals surface area contributed by atoms with E-state index in [1.165, 1.54) is 12.1 Å². The van der Waals surface area contributed by atoms with Gasteiger partial charge in [-0.1, -0.05) is 58.7 Å². The maximum Gasteiger partial charge on any atom is 0.276 e. The molecule has 2 fully saturated rings. The van der Waals surface area contributed by atoms with Crippen LogP contribution in [0.1, 0.15) is 115 Å². The molecule has 13 nitrogen and oxygen atoms in total. The number of aromatic nitrogens is 2. The molecule has 274 valence electrons. The van der Waals surface area contributed by atoms with E-state index in [0.717, 1.165) is 25.7 Å². The second-order valence-corrected chi connectivity index (χ2v) is 13.9. The van der Waals surface area contributed by atoms with Crippen molar-refractivity contribution < 1.29 is 33.0 Å². The number of anilines is 1. The first-order valence-electron chi connectivity index (χ1n) is 17.9. The summed E-state index contributed by atoms with van der Waals surface area (Å²) in [6, 6.07) is 1.96. The third-order valence-corrected chi connectivity index (χ3v) is 10.2. The van der Waals surface area contributed by atoms with Crippen molar-refractivity contribution in [2.75, 3.05) is 18.4 Å². The highest BCUT2D eigenvalue weighted by atomic mass is 19.1. The van der Waals surface area contributed by atoms with Crippen molar-refractivity contribution in [2.45, 2.75) is 123 Å². The van der Waals surface area contributed by atoms with Gasteiger partial charge >= 0.3 is 0 Å². The molecular formula is C36H52FN7O6. The van der Waals surface area contributed by atoms with Crippen LogP contribution in [-0.4, -0.2) is 86.9 Å². The Morgan fingerprint density at radius 2 is 1.60 bits per heavy atom. The van der Waals surface area contributed by atoms with E-state index >= 15 is 4.39 Å². The number of hydrogen-bond acceptors (Lipinski definition) is 8. The van der Waals surface area contributed by atoms with Crippen molar-refractivity contribution in [3.63, 3.8) is 0 Å². The minimum atomic E-state index is -0.984. The van der Waals surface area contributed by atoms with Gasteiger partial charge in [0.15, 0.2) is 5.69 Å². The lowest BCUT2D eigenvalue weighted by Crippen LogP contribution is -2.62. The Bertz CT molecular complexity index is 1530. The number of nitrogens with zero attached hydrogens (tertiary/aromatic N) is 4. The highest BCUT2D eigenvalue weighted by Crippen LogP contribution is 2.32. The number of piperazine rings is 1. The number of rotatable bonds is 12. The number of carbonyl (C=O) groups excluding carboxylic acids is 5. The minimum Gasteiger partial charge on any atom is -0.344 e. The number of halogens is 1. The molecule has 1 aromatic carbocycles. The fraction of sp³-hybridized carbons (Fsp3) is 0.639. The van der Waals surface area contributed by atoms with Gasteiger partial charge in [0, 0.05) is 43.9 Å². The maximum atomic E-state index is 15.8. The Hall–Kier alpha value is -4.36. The van der Waals surface area contributed by atoms with E-state index in [0.29, 0.717) is 43.1 Å². The second kappa shape index (κ2) is 17.0. The molecule has 0 spiro atoms. The molecule has 14 heteroatoms. The van der Waals surface area contributed by atoms with Crippen LogP contribution < -0.4 is 16.0 Å². The van der Waals surface area contributed by atoms with Crippen molar-refractivity contribution in [1.82, 2.24) is 30.7 Å². The topological polar surface area (TPSA) is 167 Å². The quantitative estimate of drug-likeness (QED) is 0.297. The van der Waals surface area contributed by atoms with E-state index < -0.39 is 35.6 Å². The second-order valence-electron chi connectivity index (χ2n) is 13.9. The zero-order chi connectivity index (χ0) is 36.7. The fourth-order valence-corrected chi connectivity index (χ4v) is 7.21. The van der Waals surface area contributed by atoms with Gasteiger partial charge < -0.3 is 25.8 Å². The molecule has 5 amide bonds. The number of aryl methyl sites for hydroxylation is 1. The van der Waals surface area contributed by atoms with Gasteiger partial charge in [-0.15, -0.1) is 0 Å². The smallest absolute Gasteiger partial charge is 0.276 e. The van der Waals surface area contributed by atoms with Gasteiger partial charge in [0.1, 0.15) is 23.6 Å². The molecule has 0 bridgehead atoms. The zero-order valence-corrected chi connectivity index (χ0v) is 30.3. The average Bonchev–Trinajstić information content (AvgIpc) is 3.59. The predicted molar refractivity (Wildman–Crippen MR) is 184 cm³/mol. The van der Waals surface area contributed by atoms with Crippen LogP contribution in [0.4, 0.5) is 10.1 Å². The highest BCUT2D eigenvalue weighted by molar-refractivity contribution is 6.01. The van der Waals surface area contributed by atoms with Crippen LogP contribution >= 0.6 is 0 Å². The monoisotopic (exact) mass is 697 g/mol. The lowest BCUT2D eigenvalue weighted by atomic mass is 9.79. The Labute approximate surface area is 293 Å². The summed E-state index contributed by atoms with van der Waals surface area (Å²) in [6.07, 6.45) is 4.18. The highest BCUT2D eigenvalue weighted by Gasteiger charge is 2.39. The van der Waals surface area contributed by atoms with Crippen LogP contribution in [0.25, 0.3) is 0 Å². The number of nitrogens with one attached hydrogen (secondary N) is 3. The summed E-state index contributed by atoms with van der Waals surface area (Å²) < 4.78 is 20.5. The number of amides is 5. The van der Waals surface area contributed by atoms with Crippen molar-refractivity contribution in [3.05, 3.63) is 41.0 Å². The molecule has 2 aliphatic rings. The summed E-state index contributed by atoms with van der Waals surface area (Å²) in [5.41, 5.74) is 0.762. The van der Waals surface area contributed by atoms with Crippen LogP contribution in [-0.2, 0) is 25.6 Å². The van der Waals surface area contributed by atoms with Gasteiger partial charge in [0.25, 0.3) is 5.91 Å². The summed E-state index contributed by atoms with van der Waals surface area (Å²) >= 11 is 0. The van der Waals surface area contributed by atoms with Gasteiger partial charge in [-0.25, -0.2) is 9.02 Å². The Morgan fingerprint density at radius 1 is 0.940 bits per heavy atom.